The molecule has 0 radical (unpaired) electrons. The lowest BCUT2D eigenvalue weighted by atomic mass is 9.96. The summed E-state index contributed by atoms with van der Waals surface area (Å²) < 4.78 is 18.6. The van der Waals surface area contributed by atoms with E-state index in [9.17, 15) is 9.18 Å². The van der Waals surface area contributed by atoms with Gasteiger partial charge in [-0.1, -0.05) is 5.16 Å². The van der Waals surface area contributed by atoms with E-state index < -0.39 is 0 Å². The molecule has 6 nitrogen and oxygen atoms in total. The number of carbonyl (C=O) groups excluding carboxylic acids is 1. The summed E-state index contributed by atoms with van der Waals surface area (Å²) in [6.45, 7) is 4.40. The van der Waals surface area contributed by atoms with Gasteiger partial charge in [-0.25, -0.2) is 4.39 Å². The van der Waals surface area contributed by atoms with Gasteiger partial charge in [0.25, 0.3) is 0 Å². The average Bonchev–Trinajstić information content (AvgIpc) is 3.11. The Labute approximate surface area is 164 Å². The summed E-state index contributed by atoms with van der Waals surface area (Å²) in [7, 11) is 0. The first-order valence-electron chi connectivity index (χ1n) is 9.10. The van der Waals surface area contributed by atoms with E-state index in [-0.39, 0.29) is 36.2 Å². The Morgan fingerprint density at radius 3 is 2.93 bits per heavy atom. The number of rotatable bonds is 5. The van der Waals surface area contributed by atoms with Crippen LogP contribution in [0.25, 0.3) is 11.4 Å². The fourth-order valence-electron chi connectivity index (χ4n) is 3.43. The standard InChI is InChI=1S/C19H25FN4O2.ClH/c1-12-11-14(6-7-15(12)20)19-22-17(26-23-19)8-9-18(25)24-10-4-3-5-16(24)13(2)21;/h6-7,11,13,16H,3-5,8-10,21H2,1-2H3;1H. The number of nitrogens with two attached hydrogens (primary N) is 1. The Bertz CT molecular complexity index is 781. The van der Waals surface area contributed by atoms with Gasteiger partial charge in [0.1, 0.15) is 5.82 Å². The fraction of sp³-hybridized carbons (Fsp3) is 0.526. The third-order valence-electron chi connectivity index (χ3n) is 4.91. The van der Waals surface area contributed by atoms with E-state index in [2.05, 4.69) is 10.1 Å². The Morgan fingerprint density at radius 1 is 1.44 bits per heavy atom. The number of amides is 1. The minimum absolute atomic E-state index is 0. The molecule has 2 aromatic rings. The molecule has 1 aromatic heterocycles. The molecule has 1 aliphatic heterocycles. The largest absolute Gasteiger partial charge is 0.339 e. The highest BCUT2D eigenvalue weighted by Crippen LogP contribution is 2.22. The fourth-order valence-corrected chi connectivity index (χ4v) is 3.43. The highest BCUT2D eigenvalue weighted by Gasteiger charge is 2.29. The van der Waals surface area contributed by atoms with Crippen LogP contribution in [0, 0.1) is 12.7 Å². The first kappa shape index (κ1) is 21.3. The number of hydrogen-bond donors (Lipinski definition) is 1. The number of benzene rings is 1. The number of carbonyl (C=O) groups is 1. The summed E-state index contributed by atoms with van der Waals surface area (Å²) in [6, 6.07) is 4.75. The average molecular weight is 397 g/mol. The molecule has 0 saturated carbocycles. The Balaban J connectivity index is 0.00000261. The van der Waals surface area contributed by atoms with Crippen molar-refractivity contribution in [3.05, 3.63) is 35.5 Å². The van der Waals surface area contributed by atoms with Gasteiger partial charge in [-0.15, -0.1) is 12.4 Å². The van der Waals surface area contributed by atoms with Crippen molar-refractivity contribution >= 4 is 18.3 Å². The van der Waals surface area contributed by atoms with Crippen molar-refractivity contribution in [2.45, 2.75) is 58.0 Å². The minimum Gasteiger partial charge on any atom is -0.339 e. The van der Waals surface area contributed by atoms with Gasteiger partial charge in [-0.2, -0.15) is 4.98 Å². The normalized spacial score (nSPS) is 18.1. The van der Waals surface area contributed by atoms with Crippen LogP contribution in [0.2, 0.25) is 0 Å². The van der Waals surface area contributed by atoms with Crippen molar-refractivity contribution in [2.24, 2.45) is 5.73 Å². The maximum Gasteiger partial charge on any atom is 0.227 e. The smallest absolute Gasteiger partial charge is 0.227 e. The monoisotopic (exact) mass is 396 g/mol. The molecule has 2 atom stereocenters. The van der Waals surface area contributed by atoms with Crippen molar-refractivity contribution < 1.29 is 13.7 Å². The zero-order valence-corrected chi connectivity index (χ0v) is 16.5. The van der Waals surface area contributed by atoms with Gasteiger partial charge in [0, 0.05) is 37.0 Å². The molecule has 8 heteroatoms. The van der Waals surface area contributed by atoms with E-state index in [0.29, 0.717) is 35.7 Å². The first-order chi connectivity index (χ1) is 12.5. The van der Waals surface area contributed by atoms with Gasteiger partial charge in [0.15, 0.2) is 0 Å². The SMILES string of the molecule is Cc1cc(-c2noc(CCC(=O)N3CCCCC3C(C)N)n2)ccc1F.Cl. The summed E-state index contributed by atoms with van der Waals surface area (Å²) in [4.78, 5) is 18.8. The summed E-state index contributed by atoms with van der Waals surface area (Å²) >= 11 is 0. The van der Waals surface area contributed by atoms with E-state index in [1.165, 1.54) is 6.07 Å². The summed E-state index contributed by atoms with van der Waals surface area (Å²) in [5.41, 5.74) is 7.25. The number of piperidine rings is 1. The van der Waals surface area contributed by atoms with E-state index in [4.69, 9.17) is 10.3 Å². The molecular weight excluding hydrogens is 371 g/mol. The van der Waals surface area contributed by atoms with E-state index in [0.717, 1.165) is 25.8 Å². The van der Waals surface area contributed by atoms with Crippen LogP contribution < -0.4 is 5.73 Å². The van der Waals surface area contributed by atoms with E-state index in [1.54, 1.807) is 19.1 Å². The molecule has 2 heterocycles. The third-order valence-corrected chi connectivity index (χ3v) is 4.91. The number of aromatic nitrogens is 2. The number of aryl methyl sites for hydroxylation is 2. The Hall–Kier alpha value is -1.99. The zero-order chi connectivity index (χ0) is 18.7. The molecule has 1 fully saturated rings. The van der Waals surface area contributed by atoms with Crippen molar-refractivity contribution in [1.82, 2.24) is 15.0 Å². The molecule has 27 heavy (non-hydrogen) atoms. The van der Waals surface area contributed by atoms with Gasteiger partial charge in [-0.05, 0) is 56.9 Å². The van der Waals surface area contributed by atoms with Crippen molar-refractivity contribution in [3.63, 3.8) is 0 Å². The van der Waals surface area contributed by atoms with Gasteiger partial charge in [-0.3, -0.25) is 4.79 Å². The molecule has 0 spiro atoms. The maximum atomic E-state index is 13.4. The molecule has 148 valence electrons. The molecule has 0 aliphatic carbocycles. The molecular formula is C19H26ClFN4O2. The summed E-state index contributed by atoms with van der Waals surface area (Å²) in [6.07, 6.45) is 3.78. The topological polar surface area (TPSA) is 85.2 Å². The van der Waals surface area contributed by atoms with Crippen LogP contribution in [-0.2, 0) is 11.2 Å². The molecule has 1 saturated heterocycles. The van der Waals surface area contributed by atoms with Crippen molar-refractivity contribution in [3.8, 4) is 11.4 Å². The van der Waals surface area contributed by atoms with Crippen LogP contribution in [0.4, 0.5) is 4.39 Å². The van der Waals surface area contributed by atoms with Gasteiger partial charge in [0.05, 0.1) is 0 Å². The number of hydrogen-bond acceptors (Lipinski definition) is 5. The zero-order valence-electron chi connectivity index (χ0n) is 15.7. The molecule has 1 aromatic carbocycles. The summed E-state index contributed by atoms with van der Waals surface area (Å²) in [5.74, 6) is 0.615. The Kier molecular flexibility index (Phi) is 7.33. The number of nitrogens with zero attached hydrogens (tertiary/aromatic N) is 3. The van der Waals surface area contributed by atoms with Crippen LogP contribution in [0.5, 0.6) is 0 Å². The highest BCUT2D eigenvalue weighted by atomic mass is 35.5. The quantitative estimate of drug-likeness (QED) is 0.838. The second kappa shape index (κ2) is 9.28. The van der Waals surface area contributed by atoms with E-state index >= 15 is 0 Å². The third kappa shape index (κ3) is 5.05. The van der Waals surface area contributed by atoms with Gasteiger partial charge >= 0.3 is 0 Å². The lowest BCUT2D eigenvalue weighted by Gasteiger charge is -2.38. The van der Waals surface area contributed by atoms with E-state index in [1.807, 2.05) is 11.8 Å². The maximum absolute atomic E-state index is 13.4. The predicted octanol–water partition coefficient (Wildman–Crippen LogP) is 3.27. The summed E-state index contributed by atoms with van der Waals surface area (Å²) in [5, 5.41) is 3.94. The van der Waals surface area contributed by atoms with Crippen LogP contribution >= 0.6 is 12.4 Å². The molecule has 1 aliphatic rings. The van der Waals surface area contributed by atoms with Crippen LogP contribution in [0.15, 0.2) is 22.7 Å². The van der Waals surface area contributed by atoms with Gasteiger partial charge in [0.2, 0.25) is 17.6 Å². The van der Waals surface area contributed by atoms with Crippen LogP contribution in [-0.4, -0.2) is 39.6 Å². The molecule has 1 amide bonds. The number of likely N-dealkylation sites (tertiary alicyclic amines) is 1. The molecule has 3 rings (SSSR count). The highest BCUT2D eigenvalue weighted by molar-refractivity contribution is 5.85. The Morgan fingerprint density at radius 2 is 2.22 bits per heavy atom. The van der Waals surface area contributed by atoms with Crippen LogP contribution in [0.1, 0.15) is 44.1 Å². The predicted molar refractivity (Wildman–Crippen MR) is 103 cm³/mol. The van der Waals surface area contributed by atoms with Crippen molar-refractivity contribution in [2.75, 3.05) is 6.54 Å². The molecule has 2 N–H and O–H groups in total. The van der Waals surface area contributed by atoms with Crippen LogP contribution in [0.3, 0.4) is 0 Å². The minimum atomic E-state index is -0.270. The van der Waals surface area contributed by atoms with Gasteiger partial charge < -0.3 is 15.2 Å². The first-order valence-corrected chi connectivity index (χ1v) is 9.10. The van der Waals surface area contributed by atoms with Crippen molar-refractivity contribution in [1.29, 1.82) is 0 Å². The lowest BCUT2D eigenvalue weighted by Crippen LogP contribution is -2.51. The second-order valence-electron chi connectivity index (χ2n) is 6.99. The second-order valence-corrected chi connectivity index (χ2v) is 6.99. The molecule has 0 bridgehead atoms. The number of halogens is 2. The molecule has 2 unspecified atom stereocenters. The lowest BCUT2D eigenvalue weighted by molar-refractivity contribution is -0.135.